The Balaban J connectivity index is 1.50. The lowest BCUT2D eigenvalue weighted by atomic mass is 10.1. The minimum absolute atomic E-state index is 0.0722. The lowest BCUT2D eigenvalue weighted by molar-refractivity contribution is 0.0292. The SMILES string of the molecule is Cn1c(C2CCN(C(=O)OC(C)(C)C)C2)nc2c1c(=O)n(Cc1cc3c(Cl)cccc3[nH]1)c(=O)n2C. The molecule has 1 fully saturated rings. The van der Waals surface area contributed by atoms with Gasteiger partial charge in [0.15, 0.2) is 11.2 Å². The third-order valence-electron chi connectivity index (χ3n) is 6.59. The standard InChI is InChI=1S/C25H29ClN6O4/c1-25(2,3)36-24(35)31-10-9-14(12-31)20-28-21-19(29(20)4)22(33)32(23(34)30(21)5)13-15-11-16-17(26)7-6-8-18(16)27-15/h6-8,11,14,27H,9-10,12-13H2,1-5H3. The Labute approximate surface area is 212 Å². The van der Waals surface area contributed by atoms with Crippen molar-refractivity contribution in [1.82, 2.24) is 28.6 Å². The predicted molar refractivity (Wildman–Crippen MR) is 138 cm³/mol. The Bertz CT molecular complexity index is 1620. The lowest BCUT2D eigenvalue weighted by Crippen LogP contribution is -2.39. The van der Waals surface area contributed by atoms with E-state index in [1.807, 2.05) is 39.0 Å². The van der Waals surface area contributed by atoms with Crippen LogP contribution in [0.1, 0.15) is 44.6 Å². The van der Waals surface area contributed by atoms with Crippen LogP contribution in [0.3, 0.4) is 0 Å². The summed E-state index contributed by atoms with van der Waals surface area (Å²) >= 11 is 6.29. The Hall–Kier alpha value is -3.53. The highest BCUT2D eigenvalue weighted by molar-refractivity contribution is 6.35. The Morgan fingerprint density at radius 3 is 2.67 bits per heavy atom. The molecular formula is C25H29ClN6O4. The molecule has 0 saturated carbocycles. The molecule has 1 aliphatic heterocycles. The first-order valence-corrected chi connectivity index (χ1v) is 12.2. The summed E-state index contributed by atoms with van der Waals surface area (Å²) in [5, 5.41) is 1.43. The number of aromatic amines is 1. The van der Waals surface area contributed by atoms with Crippen LogP contribution in [-0.2, 0) is 25.4 Å². The summed E-state index contributed by atoms with van der Waals surface area (Å²) in [4.78, 5) is 48.8. The van der Waals surface area contributed by atoms with Crippen molar-refractivity contribution in [1.29, 1.82) is 0 Å². The maximum atomic E-state index is 13.5. The number of imidazole rings is 1. The number of nitrogens with zero attached hydrogens (tertiary/aromatic N) is 5. The Kier molecular flexibility index (Phi) is 5.74. The van der Waals surface area contributed by atoms with Crippen molar-refractivity contribution in [3.63, 3.8) is 0 Å². The van der Waals surface area contributed by atoms with E-state index in [0.29, 0.717) is 47.2 Å². The quantitative estimate of drug-likeness (QED) is 0.453. The van der Waals surface area contributed by atoms with Gasteiger partial charge in [0.1, 0.15) is 11.4 Å². The number of aryl methyl sites for hydroxylation is 2. The van der Waals surface area contributed by atoms with Crippen molar-refractivity contribution in [2.24, 2.45) is 14.1 Å². The number of halogens is 1. The van der Waals surface area contributed by atoms with E-state index in [1.165, 1.54) is 9.13 Å². The normalized spacial score (nSPS) is 16.4. The molecule has 3 aromatic heterocycles. The molecule has 1 N–H and O–H groups in total. The molecule has 190 valence electrons. The summed E-state index contributed by atoms with van der Waals surface area (Å²) in [5.74, 6) is 0.590. The van der Waals surface area contributed by atoms with E-state index in [2.05, 4.69) is 9.97 Å². The van der Waals surface area contributed by atoms with Gasteiger partial charge in [-0.2, -0.15) is 0 Å². The first-order valence-electron chi connectivity index (χ1n) is 11.8. The van der Waals surface area contributed by atoms with Gasteiger partial charge in [0.05, 0.1) is 6.54 Å². The molecule has 0 bridgehead atoms. The van der Waals surface area contributed by atoms with Crippen molar-refractivity contribution in [2.45, 2.75) is 45.3 Å². The van der Waals surface area contributed by atoms with Gasteiger partial charge in [-0.05, 0) is 45.4 Å². The Morgan fingerprint density at radius 1 is 1.22 bits per heavy atom. The zero-order valence-corrected chi connectivity index (χ0v) is 21.7. The molecule has 0 aliphatic carbocycles. The van der Waals surface area contributed by atoms with Crippen LogP contribution in [0.2, 0.25) is 5.02 Å². The van der Waals surface area contributed by atoms with Crippen LogP contribution in [0, 0.1) is 0 Å². The number of benzene rings is 1. The van der Waals surface area contributed by atoms with Gasteiger partial charge in [-0.3, -0.25) is 13.9 Å². The fourth-order valence-electron chi connectivity index (χ4n) is 4.86. The summed E-state index contributed by atoms with van der Waals surface area (Å²) in [6, 6.07) is 7.38. The highest BCUT2D eigenvalue weighted by Crippen LogP contribution is 2.29. The van der Waals surface area contributed by atoms with Gasteiger partial charge in [-0.15, -0.1) is 0 Å². The molecule has 1 unspecified atom stereocenters. The van der Waals surface area contributed by atoms with E-state index in [-0.39, 0.29) is 18.6 Å². The number of H-pyrrole nitrogens is 1. The molecule has 4 heterocycles. The molecule has 0 spiro atoms. The minimum atomic E-state index is -0.577. The number of aromatic nitrogens is 5. The second-order valence-electron chi connectivity index (χ2n) is 10.3. The molecule has 36 heavy (non-hydrogen) atoms. The van der Waals surface area contributed by atoms with Gasteiger partial charge in [0.25, 0.3) is 5.56 Å². The zero-order valence-electron chi connectivity index (χ0n) is 21.0. The van der Waals surface area contributed by atoms with Crippen LogP contribution >= 0.6 is 11.6 Å². The molecular weight excluding hydrogens is 484 g/mol. The average molecular weight is 513 g/mol. The number of hydrogen-bond donors (Lipinski definition) is 1. The number of ether oxygens (including phenoxy) is 1. The maximum Gasteiger partial charge on any atom is 0.410 e. The third-order valence-corrected chi connectivity index (χ3v) is 6.92. The van der Waals surface area contributed by atoms with Crippen molar-refractivity contribution in [3.05, 3.63) is 61.6 Å². The number of hydrogen-bond acceptors (Lipinski definition) is 5. The first kappa shape index (κ1) is 24.2. The van der Waals surface area contributed by atoms with Crippen LogP contribution in [0.15, 0.2) is 33.9 Å². The predicted octanol–water partition coefficient (Wildman–Crippen LogP) is 3.34. The summed E-state index contributed by atoms with van der Waals surface area (Å²) < 4.78 is 9.85. The minimum Gasteiger partial charge on any atom is -0.444 e. The van der Waals surface area contributed by atoms with Gasteiger partial charge in [0.2, 0.25) is 0 Å². The van der Waals surface area contributed by atoms with E-state index in [9.17, 15) is 14.4 Å². The monoisotopic (exact) mass is 512 g/mol. The molecule has 10 nitrogen and oxygen atoms in total. The second-order valence-corrected chi connectivity index (χ2v) is 10.7. The molecule has 1 amide bonds. The first-order chi connectivity index (χ1) is 16.9. The number of nitrogens with one attached hydrogen (secondary N) is 1. The van der Waals surface area contributed by atoms with E-state index < -0.39 is 16.9 Å². The van der Waals surface area contributed by atoms with E-state index in [4.69, 9.17) is 16.3 Å². The molecule has 11 heteroatoms. The molecule has 1 aliphatic rings. The highest BCUT2D eigenvalue weighted by Gasteiger charge is 2.33. The van der Waals surface area contributed by atoms with Crippen molar-refractivity contribution >= 4 is 39.8 Å². The molecule has 1 atom stereocenters. The number of fused-ring (bicyclic) bond motifs is 2. The van der Waals surface area contributed by atoms with Gasteiger partial charge < -0.3 is 19.2 Å². The van der Waals surface area contributed by atoms with E-state index >= 15 is 0 Å². The number of carbonyl (C=O) groups is 1. The van der Waals surface area contributed by atoms with E-state index in [0.717, 1.165) is 10.9 Å². The summed E-state index contributed by atoms with van der Waals surface area (Å²) in [6.45, 7) is 6.54. The van der Waals surface area contributed by atoms with Crippen molar-refractivity contribution in [3.8, 4) is 0 Å². The summed E-state index contributed by atoms with van der Waals surface area (Å²) in [6.07, 6.45) is 0.325. The lowest BCUT2D eigenvalue weighted by Gasteiger charge is -2.24. The van der Waals surface area contributed by atoms with Crippen LogP contribution < -0.4 is 11.2 Å². The second kappa shape index (κ2) is 8.55. The van der Waals surface area contributed by atoms with Crippen LogP contribution in [0.5, 0.6) is 0 Å². The smallest absolute Gasteiger partial charge is 0.410 e. The number of likely N-dealkylation sites (tertiary alicyclic amines) is 1. The van der Waals surface area contributed by atoms with Gasteiger partial charge in [-0.25, -0.2) is 14.6 Å². The molecule has 4 aromatic rings. The largest absolute Gasteiger partial charge is 0.444 e. The van der Waals surface area contributed by atoms with Gasteiger partial charge >= 0.3 is 11.8 Å². The summed E-state index contributed by atoms with van der Waals surface area (Å²) in [7, 11) is 3.39. The van der Waals surface area contributed by atoms with Gasteiger partial charge in [-0.1, -0.05) is 17.7 Å². The molecule has 1 aromatic carbocycles. The summed E-state index contributed by atoms with van der Waals surface area (Å²) in [5.41, 5.74) is 0.757. The van der Waals surface area contributed by atoms with E-state index in [1.54, 1.807) is 29.6 Å². The number of carbonyl (C=O) groups excluding carboxylic acids is 1. The molecule has 1 saturated heterocycles. The number of amides is 1. The van der Waals surface area contributed by atoms with Gasteiger partial charge in [0, 0.05) is 54.7 Å². The molecule has 0 radical (unpaired) electrons. The average Bonchev–Trinajstić information content (AvgIpc) is 3.51. The Morgan fingerprint density at radius 2 is 1.97 bits per heavy atom. The fourth-order valence-corrected chi connectivity index (χ4v) is 5.09. The van der Waals surface area contributed by atoms with Crippen LogP contribution in [0.25, 0.3) is 22.1 Å². The van der Waals surface area contributed by atoms with Crippen molar-refractivity contribution in [2.75, 3.05) is 13.1 Å². The fraction of sp³-hybridized carbons (Fsp3) is 0.440. The van der Waals surface area contributed by atoms with Crippen molar-refractivity contribution < 1.29 is 9.53 Å². The van der Waals surface area contributed by atoms with Crippen LogP contribution in [0.4, 0.5) is 4.79 Å². The number of rotatable bonds is 3. The van der Waals surface area contributed by atoms with Crippen LogP contribution in [-0.4, -0.2) is 53.4 Å². The highest BCUT2D eigenvalue weighted by atomic mass is 35.5. The third kappa shape index (κ3) is 4.09. The zero-order chi connectivity index (χ0) is 25.9. The topological polar surface area (TPSA) is 107 Å². The maximum absolute atomic E-state index is 13.5. The molecule has 5 rings (SSSR count).